The minimum absolute atomic E-state index is 0.0523. The van der Waals surface area contributed by atoms with Gasteiger partial charge in [0.15, 0.2) is 0 Å². The van der Waals surface area contributed by atoms with Gasteiger partial charge in [0.25, 0.3) is 5.91 Å². The van der Waals surface area contributed by atoms with Gasteiger partial charge < -0.3 is 10.3 Å². The molecule has 3 N–H and O–H groups in total. The number of hydrogen-bond acceptors (Lipinski definition) is 5. The SMILES string of the molecule is Cc1c(C(=O)N2CC3=C(C[C@@H]2C)N(c2ccn[nH]2)NN3)cccc1C(F)(F)F. The zero-order valence-electron chi connectivity index (χ0n) is 15.3. The molecule has 1 aromatic carbocycles. The second kappa shape index (κ2) is 6.55. The van der Waals surface area contributed by atoms with Crippen LogP contribution in [-0.2, 0) is 6.18 Å². The highest BCUT2D eigenvalue weighted by Crippen LogP contribution is 2.35. The van der Waals surface area contributed by atoms with Gasteiger partial charge in [0.1, 0.15) is 5.82 Å². The van der Waals surface area contributed by atoms with E-state index in [0.29, 0.717) is 6.42 Å². The minimum Gasteiger partial charge on any atom is -0.330 e. The highest BCUT2D eigenvalue weighted by Gasteiger charge is 2.38. The van der Waals surface area contributed by atoms with Crippen LogP contribution in [0.5, 0.6) is 0 Å². The maximum atomic E-state index is 13.2. The van der Waals surface area contributed by atoms with Crippen molar-refractivity contribution in [1.82, 2.24) is 26.1 Å². The van der Waals surface area contributed by atoms with Gasteiger partial charge in [0.2, 0.25) is 0 Å². The molecule has 10 heteroatoms. The molecule has 4 rings (SSSR count). The number of aromatic nitrogens is 2. The van der Waals surface area contributed by atoms with Crippen molar-refractivity contribution in [2.24, 2.45) is 0 Å². The first-order valence-corrected chi connectivity index (χ1v) is 8.78. The van der Waals surface area contributed by atoms with Gasteiger partial charge in [-0.2, -0.15) is 18.3 Å². The maximum Gasteiger partial charge on any atom is 0.416 e. The number of hydrazine groups is 2. The Morgan fingerprint density at radius 3 is 2.75 bits per heavy atom. The van der Waals surface area contributed by atoms with Crippen molar-refractivity contribution in [2.75, 3.05) is 11.6 Å². The third-order valence-electron chi connectivity index (χ3n) is 5.14. The van der Waals surface area contributed by atoms with E-state index in [4.69, 9.17) is 0 Å². The molecule has 2 aliphatic rings. The summed E-state index contributed by atoms with van der Waals surface area (Å²) in [6.07, 6.45) is -2.32. The van der Waals surface area contributed by atoms with Gasteiger partial charge in [-0.1, -0.05) is 6.07 Å². The van der Waals surface area contributed by atoms with Crippen molar-refractivity contribution in [3.63, 3.8) is 0 Å². The predicted octanol–water partition coefficient (Wildman–Crippen LogP) is 2.71. The number of hydrogen-bond donors (Lipinski definition) is 3. The van der Waals surface area contributed by atoms with Gasteiger partial charge in [-0.25, -0.2) is 5.01 Å². The lowest BCUT2D eigenvalue weighted by atomic mass is 9.98. The van der Waals surface area contributed by atoms with Crippen LogP contribution in [0.4, 0.5) is 19.0 Å². The van der Waals surface area contributed by atoms with Gasteiger partial charge in [-0.15, -0.1) is 5.53 Å². The number of alkyl halides is 3. The molecule has 0 fully saturated rings. The average molecular weight is 392 g/mol. The van der Waals surface area contributed by atoms with Gasteiger partial charge in [-0.05, 0) is 31.5 Å². The summed E-state index contributed by atoms with van der Waals surface area (Å²) >= 11 is 0. The van der Waals surface area contributed by atoms with E-state index in [1.54, 1.807) is 17.2 Å². The van der Waals surface area contributed by atoms with Crippen molar-refractivity contribution in [3.8, 4) is 0 Å². The first-order valence-electron chi connectivity index (χ1n) is 8.78. The fraction of sp³-hybridized carbons (Fsp3) is 0.333. The van der Waals surface area contributed by atoms with Crippen LogP contribution in [0, 0.1) is 6.92 Å². The molecule has 0 aliphatic carbocycles. The summed E-state index contributed by atoms with van der Waals surface area (Å²) in [5, 5.41) is 8.61. The summed E-state index contributed by atoms with van der Waals surface area (Å²) in [6, 6.07) is 5.33. The molecule has 148 valence electrons. The molecule has 7 nitrogen and oxygen atoms in total. The number of aromatic amines is 1. The highest BCUT2D eigenvalue weighted by atomic mass is 19.4. The maximum absolute atomic E-state index is 13.2. The van der Waals surface area contributed by atoms with Crippen LogP contribution in [0.25, 0.3) is 0 Å². The first kappa shape index (κ1) is 18.4. The van der Waals surface area contributed by atoms with Gasteiger partial charge in [0, 0.05) is 24.1 Å². The number of H-pyrrole nitrogens is 1. The van der Waals surface area contributed by atoms with Crippen LogP contribution in [0.15, 0.2) is 41.9 Å². The average Bonchev–Trinajstić information content (AvgIpc) is 3.28. The van der Waals surface area contributed by atoms with Crippen molar-refractivity contribution in [2.45, 2.75) is 32.5 Å². The third-order valence-corrected chi connectivity index (χ3v) is 5.14. The fourth-order valence-corrected chi connectivity index (χ4v) is 3.64. The van der Waals surface area contributed by atoms with E-state index in [-0.39, 0.29) is 23.7 Å². The minimum atomic E-state index is -4.49. The molecule has 0 bridgehead atoms. The fourth-order valence-electron chi connectivity index (χ4n) is 3.64. The van der Waals surface area contributed by atoms with Crippen molar-refractivity contribution >= 4 is 11.7 Å². The van der Waals surface area contributed by atoms with E-state index >= 15 is 0 Å². The van der Waals surface area contributed by atoms with Crippen LogP contribution in [0.3, 0.4) is 0 Å². The van der Waals surface area contributed by atoms with Crippen molar-refractivity contribution < 1.29 is 18.0 Å². The Hall–Kier alpha value is -3.01. The summed E-state index contributed by atoms with van der Waals surface area (Å²) < 4.78 is 39.6. The number of halogens is 3. The van der Waals surface area contributed by atoms with E-state index in [1.165, 1.54) is 19.1 Å². The third kappa shape index (κ3) is 2.99. The normalized spacial score (nSPS) is 19.7. The van der Waals surface area contributed by atoms with Gasteiger partial charge in [0.05, 0.1) is 29.7 Å². The Balaban J connectivity index is 1.62. The zero-order chi connectivity index (χ0) is 20.1. The molecular weight excluding hydrogens is 373 g/mol. The highest BCUT2D eigenvalue weighted by molar-refractivity contribution is 5.96. The molecule has 1 atom stereocenters. The number of nitrogens with one attached hydrogen (secondary N) is 3. The summed E-state index contributed by atoms with van der Waals surface area (Å²) in [5.74, 6) is 0.336. The van der Waals surface area contributed by atoms with E-state index in [9.17, 15) is 18.0 Å². The number of anilines is 1. The summed E-state index contributed by atoms with van der Waals surface area (Å²) in [7, 11) is 0. The van der Waals surface area contributed by atoms with Crippen LogP contribution in [0.1, 0.15) is 34.8 Å². The van der Waals surface area contributed by atoms with Crippen molar-refractivity contribution in [1.29, 1.82) is 0 Å². The van der Waals surface area contributed by atoms with E-state index in [1.807, 2.05) is 11.9 Å². The summed E-state index contributed by atoms with van der Waals surface area (Å²) in [6.45, 7) is 3.49. The van der Waals surface area contributed by atoms with Gasteiger partial charge >= 0.3 is 6.18 Å². The largest absolute Gasteiger partial charge is 0.416 e. The molecule has 0 spiro atoms. The number of benzene rings is 1. The lowest BCUT2D eigenvalue weighted by Crippen LogP contribution is -2.45. The molecule has 1 aromatic heterocycles. The number of nitrogens with zero attached hydrogens (tertiary/aromatic N) is 3. The zero-order valence-corrected chi connectivity index (χ0v) is 15.3. The van der Waals surface area contributed by atoms with Crippen LogP contribution in [-0.4, -0.2) is 33.6 Å². The Kier molecular flexibility index (Phi) is 4.30. The molecule has 0 saturated heterocycles. The van der Waals surface area contributed by atoms with Crippen LogP contribution < -0.4 is 16.0 Å². The molecule has 0 saturated carbocycles. The predicted molar refractivity (Wildman–Crippen MR) is 95.7 cm³/mol. The molecule has 2 aliphatic heterocycles. The lowest BCUT2D eigenvalue weighted by Gasteiger charge is -2.35. The number of carbonyl (C=O) groups excluding carboxylic acids is 1. The molecule has 0 unspecified atom stereocenters. The standard InChI is InChI=1S/C18H19F3N6O/c1-10-8-15-14(23-25-27(15)16-6-7-22-24-16)9-26(10)17(28)12-4-3-5-13(11(12)2)18(19,20)21/h3-7,10,23,25H,8-9H2,1-2H3,(H,22,24)/t10-/m0/s1. The second-order valence-electron chi connectivity index (χ2n) is 6.90. The quantitative estimate of drug-likeness (QED) is 0.733. The molecule has 2 aromatic rings. The number of amides is 1. The summed E-state index contributed by atoms with van der Waals surface area (Å²) in [4.78, 5) is 14.7. The lowest BCUT2D eigenvalue weighted by molar-refractivity contribution is -0.138. The van der Waals surface area contributed by atoms with Crippen LogP contribution in [0.2, 0.25) is 0 Å². The molecule has 3 heterocycles. The Bertz CT molecular complexity index is 937. The molecular formula is C18H19F3N6O. The number of rotatable bonds is 2. The summed E-state index contributed by atoms with van der Waals surface area (Å²) in [5.41, 5.74) is 7.04. The van der Waals surface area contributed by atoms with E-state index in [2.05, 4.69) is 21.2 Å². The topological polar surface area (TPSA) is 76.3 Å². The first-order chi connectivity index (χ1) is 13.3. The smallest absolute Gasteiger partial charge is 0.330 e. The molecule has 1 amide bonds. The Morgan fingerprint density at radius 1 is 1.29 bits per heavy atom. The monoisotopic (exact) mass is 392 g/mol. The second-order valence-corrected chi connectivity index (χ2v) is 6.90. The van der Waals surface area contributed by atoms with E-state index in [0.717, 1.165) is 23.3 Å². The van der Waals surface area contributed by atoms with E-state index < -0.39 is 17.6 Å². The molecule has 0 radical (unpaired) electrons. The molecule has 28 heavy (non-hydrogen) atoms. The number of carbonyl (C=O) groups is 1. The van der Waals surface area contributed by atoms with Gasteiger partial charge in [-0.3, -0.25) is 9.89 Å². The Labute approximate surface area is 159 Å². The Morgan fingerprint density at radius 2 is 2.07 bits per heavy atom. The van der Waals surface area contributed by atoms with Crippen LogP contribution >= 0.6 is 0 Å². The van der Waals surface area contributed by atoms with Crippen molar-refractivity contribution in [3.05, 3.63) is 58.5 Å².